The first-order valence-electron chi connectivity index (χ1n) is 8.93. The Bertz CT molecular complexity index is 581. The maximum absolute atomic E-state index is 12.0. The van der Waals surface area contributed by atoms with E-state index in [1.54, 1.807) is 21.0 Å². The van der Waals surface area contributed by atoms with Crippen LogP contribution in [0.25, 0.3) is 0 Å². The van der Waals surface area contributed by atoms with Gasteiger partial charge in [0.05, 0.1) is 6.61 Å². The summed E-state index contributed by atoms with van der Waals surface area (Å²) in [6.45, 7) is 9.18. The summed E-state index contributed by atoms with van der Waals surface area (Å²) in [5.74, 6) is 1.72. The largest absolute Gasteiger partial charge is 0.490 e. The van der Waals surface area contributed by atoms with E-state index in [9.17, 15) is 4.79 Å². The van der Waals surface area contributed by atoms with Gasteiger partial charge in [-0.1, -0.05) is 13.0 Å². The van der Waals surface area contributed by atoms with Crippen molar-refractivity contribution >= 4 is 5.91 Å². The van der Waals surface area contributed by atoms with Crippen LogP contribution in [0.4, 0.5) is 0 Å². The van der Waals surface area contributed by atoms with Crippen LogP contribution in [0.5, 0.6) is 11.5 Å². The van der Waals surface area contributed by atoms with Crippen molar-refractivity contribution < 1.29 is 14.3 Å². The van der Waals surface area contributed by atoms with E-state index in [0.29, 0.717) is 24.0 Å². The third-order valence-corrected chi connectivity index (χ3v) is 4.55. The normalized spacial score (nSPS) is 21.8. The molecule has 1 aromatic rings. The third-order valence-electron chi connectivity index (χ3n) is 4.55. The molecule has 0 radical (unpaired) electrons. The molecule has 0 spiro atoms. The number of rotatable bonds is 7. The van der Waals surface area contributed by atoms with E-state index in [-0.39, 0.29) is 11.9 Å². The smallest absolute Gasteiger partial charge is 0.262 e. The second-order valence-electron chi connectivity index (χ2n) is 7.04. The number of ether oxygens (including phenoxy) is 2. The predicted molar refractivity (Wildman–Crippen MR) is 98.8 cm³/mol. The first-order chi connectivity index (χ1) is 11.8. The molecule has 0 saturated carbocycles. The van der Waals surface area contributed by atoms with Crippen LogP contribution in [0.1, 0.15) is 26.3 Å². The number of likely N-dealkylation sites (tertiary alicyclic amines) is 1. The van der Waals surface area contributed by atoms with Crippen LogP contribution in [0.2, 0.25) is 0 Å². The zero-order valence-electron chi connectivity index (χ0n) is 16.0. The van der Waals surface area contributed by atoms with Crippen molar-refractivity contribution in [3.05, 3.63) is 23.8 Å². The predicted octanol–water partition coefficient (Wildman–Crippen LogP) is 1.72. The second kappa shape index (κ2) is 8.54. The van der Waals surface area contributed by atoms with Gasteiger partial charge in [-0.2, -0.15) is 0 Å². The van der Waals surface area contributed by atoms with Gasteiger partial charge in [-0.3, -0.25) is 9.69 Å². The zero-order chi connectivity index (χ0) is 18.6. The Morgan fingerprint density at radius 3 is 2.64 bits per heavy atom. The molecule has 1 aliphatic rings. The number of benzene rings is 1. The van der Waals surface area contributed by atoms with Gasteiger partial charge in [-0.25, -0.2) is 0 Å². The molecule has 0 bridgehead atoms. The van der Waals surface area contributed by atoms with E-state index in [4.69, 9.17) is 15.2 Å². The van der Waals surface area contributed by atoms with Crippen LogP contribution in [0, 0.1) is 5.92 Å². The van der Waals surface area contributed by atoms with Crippen LogP contribution in [0.3, 0.4) is 0 Å². The molecule has 1 amide bonds. The van der Waals surface area contributed by atoms with Gasteiger partial charge in [0.2, 0.25) is 0 Å². The molecule has 1 fully saturated rings. The van der Waals surface area contributed by atoms with Gasteiger partial charge < -0.3 is 20.1 Å². The summed E-state index contributed by atoms with van der Waals surface area (Å²) in [4.78, 5) is 15.9. The maximum atomic E-state index is 12.0. The number of hydrogen-bond acceptors (Lipinski definition) is 5. The summed E-state index contributed by atoms with van der Waals surface area (Å²) in [6.07, 6.45) is -0.558. The van der Waals surface area contributed by atoms with Gasteiger partial charge in [-0.05, 0) is 37.5 Å². The minimum absolute atomic E-state index is 0.0773. The number of likely N-dealkylation sites (N-methyl/N-ethyl adjacent to an activating group) is 1. The molecule has 1 aliphatic heterocycles. The van der Waals surface area contributed by atoms with Gasteiger partial charge in [0.25, 0.3) is 5.91 Å². The standard InChI is InChI=1S/C19H31N3O3/c1-6-24-18-9-15(11-22-10-13(2)16(20)12-22)7-8-17(18)25-14(3)19(23)21(4)5/h7-9,13-14,16H,6,10-12,20H2,1-5H3. The van der Waals surface area contributed by atoms with E-state index in [0.717, 1.165) is 25.2 Å². The van der Waals surface area contributed by atoms with Crippen molar-refractivity contribution in [2.24, 2.45) is 11.7 Å². The number of carbonyl (C=O) groups is 1. The molecule has 6 heteroatoms. The number of carbonyl (C=O) groups excluding carboxylic acids is 1. The average molecular weight is 349 g/mol. The van der Waals surface area contributed by atoms with E-state index in [1.165, 1.54) is 4.90 Å². The summed E-state index contributed by atoms with van der Waals surface area (Å²) in [5.41, 5.74) is 7.27. The number of nitrogens with two attached hydrogens (primary N) is 1. The monoisotopic (exact) mass is 349 g/mol. The summed E-state index contributed by atoms with van der Waals surface area (Å²) >= 11 is 0. The van der Waals surface area contributed by atoms with Crippen LogP contribution >= 0.6 is 0 Å². The number of amides is 1. The minimum Gasteiger partial charge on any atom is -0.490 e. The fourth-order valence-corrected chi connectivity index (χ4v) is 3.10. The molecule has 0 aliphatic carbocycles. The van der Waals surface area contributed by atoms with Gasteiger partial charge in [0.1, 0.15) is 0 Å². The minimum atomic E-state index is -0.558. The van der Waals surface area contributed by atoms with Gasteiger partial charge in [-0.15, -0.1) is 0 Å². The molecule has 2 rings (SSSR count). The molecular weight excluding hydrogens is 318 g/mol. The lowest BCUT2D eigenvalue weighted by Gasteiger charge is -2.21. The Kier molecular flexibility index (Phi) is 6.67. The fourth-order valence-electron chi connectivity index (χ4n) is 3.10. The van der Waals surface area contributed by atoms with Crippen molar-refractivity contribution in [2.45, 2.75) is 39.5 Å². The Morgan fingerprint density at radius 1 is 1.36 bits per heavy atom. The first-order valence-corrected chi connectivity index (χ1v) is 8.93. The molecule has 3 atom stereocenters. The highest BCUT2D eigenvalue weighted by Gasteiger charge is 2.26. The molecule has 0 aromatic heterocycles. The van der Waals surface area contributed by atoms with Crippen molar-refractivity contribution in [2.75, 3.05) is 33.8 Å². The Morgan fingerprint density at radius 2 is 2.08 bits per heavy atom. The number of nitrogens with zero attached hydrogens (tertiary/aromatic N) is 2. The third kappa shape index (κ3) is 5.09. The molecule has 3 unspecified atom stereocenters. The molecule has 140 valence electrons. The molecule has 1 aromatic carbocycles. The Labute approximate surface area is 150 Å². The molecule has 6 nitrogen and oxygen atoms in total. The first kappa shape index (κ1) is 19.5. The van der Waals surface area contributed by atoms with Gasteiger partial charge in [0, 0.05) is 39.8 Å². The Balaban J connectivity index is 2.10. The fraction of sp³-hybridized carbons (Fsp3) is 0.632. The van der Waals surface area contributed by atoms with E-state index >= 15 is 0 Å². The highest BCUT2D eigenvalue weighted by atomic mass is 16.5. The van der Waals surface area contributed by atoms with Crippen LogP contribution in [0.15, 0.2) is 18.2 Å². The van der Waals surface area contributed by atoms with Gasteiger partial charge in [0.15, 0.2) is 17.6 Å². The van der Waals surface area contributed by atoms with Crippen molar-refractivity contribution in [1.29, 1.82) is 0 Å². The van der Waals surface area contributed by atoms with Crippen molar-refractivity contribution in [3.63, 3.8) is 0 Å². The van der Waals surface area contributed by atoms with Crippen molar-refractivity contribution in [3.8, 4) is 11.5 Å². The Hall–Kier alpha value is -1.79. The lowest BCUT2D eigenvalue weighted by molar-refractivity contribution is -0.135. The van der Waals surface area contributed by atoms with Crippen molar-refractivity contribution in [1.82, 2.24) is 9.80 Å². The SMILES string of the molecule is CCOc1cc(CN2CC(C)C(N)C2)ccc1OC(C)C(=O)N(C)C. The average Bonchev–Trinajstić information content (AvgIpc) is 2.86. The molecule has 25 heavy (non-hydrogen) atoms. The lowest BCUT2D eigenvalue weighted by atomic mass is 10.1. The molecule has 1 saturated heterocycles. The lowest BCUT2D eigenvalue weighted by Crippen LogP contribution is -2.35. The van der Waals surface area contributed by atoms with Crippen LogP contribution in [-0.2, 0) is 11.3 Å². The summed E-state index contributed by atoms with van der Waals surface area (Å²) in [7, 11) is 3.44. The summed E-state index contributed by atoms with van der Waals surface area (Å²) < 4.78 is 11.6. The van der Waals surface area contributed by atoms with Gasteiger partial charge >= 0.3 is 0 Å². The highest BCUT2D eigenvalue weighted by molar-refractivity contribution is 5.80. The second-order valence-corrected chi connectivity index (χ2v) is 7.04. The molecule has 1 heterocycles. The van der Waals surface area contributed by atoms with Crippen LogP contribution < -0.4 is 15.2 Å². The maximum Gasteiger partial charge on any atom is 0.262 e. The summed E-state index contributed by atoms with van der Waals surface area (Å²) in [6, 6.07) is 6.16. The van der Waals surface area contributed by atoms with Crippen LogP contribution in [-0.4, -0.2) is 61.6 Å². The highest BCUT2D eigenvalue weighted by Crippen LogP contribution is 2.30. The molecular formula is C19H31N3O3. The summed E-state index contributed by atoms with van der Waals surface area (Å²) in [5, 5.41) is 0. The number of hydrogen-bond donors (Lipinski definition) is 1. The topological polar surface area (TPSA) is 68.0 Å². The molecule has 2 N–H and O–H groups in total. The van der Waals surface area contributed by atoms with E-state index in [1.807, 2.05) is 25.1 Å². The van der Waals surface area contributed by atoms with E-state index < -0.39 is 6.10 Å². The quantitative estimate of drug-likeness (QED) is 0.812. The zero-order valence-corrected chi connectivity index (χ0v) is 16.0. The van der Waals surface area contributed by atoms with E-state index in [2.05, 4.69) is 11.8 Å².